The molecular formula is C9H20O3Sn2. The summed E-state index contributed by atoms with van der Waals surface area (Å²) in [4.78, 5) is 10.5. The van der Waals surface area contributed by atoms with Crippen LogP contribution in [0.4, 0.5) is 0 Å². The van der Waals surface area contributed by atoms with Crippen molar-refractivity contribution in [3.05, 3.63) is 0 Å². The molecule has 3 nitrogen and oxygen atoms in total. The van der Waals surface area contributed by atoms with E-state index in [9.17, 15) is 4.79 Å². The van der Waals surface area contributed by atoms with Crippen LogP contribution in [0.5, 0.6) is 0 Å². The molecule has 0 spiro atoms. The van der Waals surface area contributed by atoms with Crippen molar-refractivity contribution in [1.82, 2.24) is 0 Å². The molecule has 0 saturated heterocycles. The third kappa shape index (κ3) is 5.80. The second-order valence-electron chi connectivity index (χ2n) is 3.45. The van der Waals surface area contributed by atoms with Gasteiger partial charge >= 0.3 is 106 Å². The van der Waals surface area contributed by atoms with Gasteiger partial charge in [0.2, 0.25) is 0 Å². The Labute approximate surface area is 106 Å². The first kappa shape index (κ1) is 15.0. The van der Waals surface area contributed by atoms with Crippen LogP contribution in [0.1, 0.15) is 39.5 Å². The molecule has 0 aliphatic rings. The van der Waals surface area contributed by atoms with Gasteiger partial charge in [-0.15, -0.1) is 0 Å². The van der Waals surface area contributed by atoms with E-state index in [1.165, 1.54) is 0 Å². The van der Waals surface area contributed by atoms with Crippen LogP contribution in [-0.4, -0.2) is 48.6 Å². The first-order chi connectivity index (χ1) is 6.74. The monoisotopic (exact) mass is 416 g/mol. The van der Waals surface area contributed by atoms with Crippen LogP contribution in [-0.2, 0) is 9.28 Å². The molecule has 0 aromatic rings. The van der Waals surface area contributed by atoms with Crippen molar-refractivity contribution < 1.29 is 9.28 Å². The Bertz CT molecular complexity index is 145. The van der Waals surface area contributed by atoms with Crippen LogP contribution >= 0.6 is 0 Å². The van der Waals surface area contributed by atoms with Gasteiger partial charge in [-0.3, -0.25) is 0 Å². The third-order valence-corrected chi connectivity index (χ3v) is 19.6. The van der Waals surface area contributed by atoms with Gasteiger partial charge in [0.05, 0.1) is 0 Å². The number of carbonyl (C=O) groups is 1. The average molecular weight is 414 g/mol. The van der Waals surface area contributed by atoms with Crippen LogP contribution in [0, 0.1) is 0 Å². The number of hydrogen-bond acceptors (Lipinski definition) is 3. The summed E-state index contributed by atoms with van der Waals surface area (Å²) in [6.45, 7) is 4.92. The summed E-state index contributed by atoms with van der Waals surface area (Å²) in [7, 11) is 0. The van der Waals surface area contributed by atoms with E-state index in [1.54, 1.807) is 0 Å². The van der Waals surface area contributed by atoms with E-state index >= 15 is 0 Å². The van der Waals surface area contributed by atoms with Gasteiger partial charge in [0, 0.05) is 0 Å². The van der Waals surface area contributed by atoms with Crippen LogP contribution in [0.3, 0.4) is 0 Å². The standard InChI is InChI=1S/2C4H9.CH2O2.O.2Sn.H/c2*1-3-4-2;2-1-3;;;;/h2*1,3-4H2,2H3;1H,(H,2,3);;;;/q;;;;;+1;/p-1. The van der Waals surface area contributed by atoms with Gasteiger partial charge in [-0.2, -0.15) is 0 Å². The van der Waals surface area contributed by atoms with E-state index in [1.807, 2.05) is 0 Å². The summed E-state index contributed by atoms with van der Waals surface area (Å²) in [5.41, 5.74) is 0. The maximum absolute atomic E-state index is 10.5. The van der Waals surface area contributed by atoms with E-state index in [2.05, 4.69) is 13.8 Å². The first-order valence-corrected chi connectivity index (χ1v) is 12.9. The molecule has 0 amide bonds. The molecule has 0 heterocycles. The minimum absolute atomic E-state index is 0.609. The van der Waals surface area contributed by atoms with Crippen LogP contribution in [0.15, 0.2) is 0 Å². The van der Waals surface area contributed by atoms with Crippen LogP contribution in [0.2, 0.25) is 8.87 Å². The predicted molar refractivity (Wildman–Crippen MR) is 60.6 cm³/mol. The second kappa shape index (κ2) is 9.27. The van der Waals surface area contributed by atoms with E-state index in [-0.39, 0.29) is 0 Å². The Kier molecular flexibility index (Phi) is 9.95. The van der Waals surface area contributed by atoms with Gasteiger partial charge in [-0.25, -0.2) is 0 Å². The van der Waals surface area contributed by atoms with Crippen molar-refractivity contribution >= 4 is 48.6 Å². The van der Waals surface area contributed by atoms with Gasteiger partial charge in [-0.1, -0.05) is 0 Å². The molecule has 0 fully saturated rings. The molecule has 2 radical (unpaired) electrons. The minimum atomic E-state index is -2.89. The zero-order valence-corrected chi connectivity index (χ0v) is 15.3. The molecule has 0 atom stereocenters. The first-order valence-electron chi connectivity index (χ1n) is 5.24. The Morgan fingerprint density at radius 3 is 2.00 bits per heavy atom. The molecule has 0 aliphatic carbocycles. The Morgan fingerprint density at radius 1 is 1.21 bits per heavy atom. The van der Waals surface area contributed by atoms with Crippen molar-refractivity contribution in [1.29, 1.82) is 0 Å². The molecule has 0 aliphatic heterocycles. The molecule has 0 rings (SSSR count). The van der Waals surface area contributed by atoms with E-state index in [0.29, 0.717) is 6.47 Å². The van der Waals surface area contributed by atoms with Crippen molar-refractivity contribution in [2.75, 3.05) is 0 Å². The summed E-state index contributed by atoms with van der Waals surface area (Å²) in [6.07, 6.45) is 4.57. The zero-order valence-electron chi connectivity index (χ0n) is 9.12. The Hall–Kier alpha value is 1.03. The zero-order chi connectivity index (χ0) is 10.9. The van der Waals surface area contributed by atoms with Crippen molar-refractivity contribution in [2.24, 2.45) is 0 Å². The number of unbranched alkanes of at least 4 members (excludes halogenated alkanes) is 2. The number of rotatable bonds is 9. The summed E-state index contributed by atoms with van der Waals surface area (Å²) < 4.78 is 13.1. The molecule has 5 heteroatoms. The summed E-state index contributed by atoms with van der Waals surface area (Å²) >= 11 is -2.13. The van der Waals surface area contributed by atoms with Crippen molar-refractivity contribution in [3.63, 3.8) is 0 Å². The van der Waals surface area contributed by atoms with E-state index in [4.69, 9.17) is 4.49 Å². The van der Waals surface area contributed by atoms with E-state index in [0.717, 1.165) is 57.5 Å². The van der Waals surface area contributed by atoms with Crippen LogP contribution < -0.4 is 0 Å². The number of hydrogen-bond donors (Lipinski definition) is 0. The maximum atomic E-state index is 10.5. The van der Waals surface area contributed by atoms with Crippen molar-refractivity contribution in [2.45, 2.75) is 48.4 Å². The summed E-state index contributed by atoms with van der Waals surface area (Å²) in [6, 6.07) is 0. The molecular weight excluding hydrogens is 394 g/mol. The number of carbonyl (C=O) groups excluding carboxylic acids is 1. The summed E-state index contributed by atoms with van der Waals surface area (Å²) in [5, 5.41) is 0. The van der Waals surface area contributed by atoms with Crippen molar-refractivity contribution in [3.8, 4) is 0 Å². The molecule has 14 heavy (non-hydrogen) atoms. The third-order valence-electron chi connectivity index (χ3n) is 2.30. The van der Waals surface area contributed by atoms with Gasteiger partial charge in [0.25, 0.3) is 0 Å². The van der Waals surface area contributed by atoms with E-state index < -0.39 is 19.2 Å². The molecule has 0 saturated carbocycles. The molecule has 0 aromatic heterocycles. The fourth-order valence-electron chi connectivity index (χ4n) is 1.37. The normalized spacial score (nSPS) is 11.4. The Morgan fingerprint density at radius 2 is 1.71 bits per heavy atom. The van der Waals surface area contributed by atoms with Gasteiger partial charge < -0.3 is 0 Å². The average Bonchev–Trinajstić information content (AvgIpc) is 2.22. The topological polar surface area (TPSA) is 35.5 Å². The quantitative estimate of drug-likeness (QED) is 0.429. The Balaban J connectivity index is 4.17. The molecule has 82 valence electrons. The molecule has 0 N–H and O–H groups in total. The fourth-order valence-corrected chi connectivity index (χ4v) is 14.8. The predicted octanol–water partition coefficient (Wildman–Crippen LogP) is 2.03. The second-order valence-corrected chi connectivity index (χ2v) is 17.4. The van der Waals surface area contributed by atoms with Crippen LogP contribution in [0.25, 0.3) is 0 Å². The van der Waals surface area contributed by atoms with Gasteiger partial charge in [0.1, 0.15) is 0 Å². The summed E-state index contributed by atoms with van der Waals surface area (Å²) in [5.74, 6) is 0. The molecule has 0 bridgehead atoms. The molecule has 0 aromatic carbocycles. The fraction of sp³-hybridized carbons (Fsp3) is 0.889. The molecule has 0 unspecified atom stereocenters. The SMILES string of the molecule is CCC[CH2][Sn]([CH2]CCC)([O][SnH])[O]C=O. The van der Waals surface area contributed by atoms with Gasteiger partial charge in [0.15, 0.2) is 0 Å². The van der Waals surface area contributed by atoms with Gasteiger partial charge in [-0.05, 0) is 0 Å².